The van der Waals surface area contributed by atoms with Crippen LogP contribution in [0.5, 0.6) is 0 Å². The Morgan fingerprint density at radius 1 is 1.22 bits per heavy atom. The number of nitrogens with two attached hydrogens (primary N) is 1. The van der Waals surface area contributed by atoms with Crippen molar-refractivity contribution in [2.45, 2.75) is 6.54 Å². The Kier molecular flexibility index (Phi) is 3.72. The molecular weight excluding hydrogens is 251 g/mol. The van der Waals surface area contributed by atoms with Gasteiger partial charge in [0.05, 0.1) is 11.4 Å². The molecular formula is C14H14ClFN2. The molecule has 0 atom stereocenters. The Bertz CT molecular complexity index is 557. The standard InChI is InChI=1S/C14H14ClFN2/c1-18(14-5-3-2-4-13(14)17)9-10-8-11(16)6-7-12(10)15/h2-8H,9,17H2,1H3. The van der Waals surface area contributed by atoms with Crippen molar-refractivity contribution in [1.29, 1.82) is 0 Å². The molecule has 2 aromatic carbocycles. The van der Waals surface area contributed by atoms with Gasteiger partial charge in [0.1, 0.15) is 5.82 Å². The van der Waals surface area contributed by atoms with E-state index >= 15 is 0 Å². The van der Waals surface area contributed by atoms with Crippen LogP contribution in [0, 0.1) is 5.82 Å². The molecule has 0 spiro atoms. The number of rotatable bonds is 3. The Morgan fingerprint density at radius 3 is 2.67 bits per heavy atom. The molecule has 0 heterocycles. The summed E-state index contributed by atoms with van der Waals surface area (Å²) in [5, 5.41) is 0.553. The van der Waals surface area contributed by atoms with Gasteiger partial charge in [0, 0.05) is 18.6 Å². The lowest BCUT2D eigenvalue weighted by Crippen LogP contribution is -2.18. The summed E-state index contributed by atoms with van der Waals surface area (Å²) < 4.78 is 13.2. The maximum absolute atomic E-state index is 13.2. The van der Waals surface area contributed by atoms with E-state index in [4.69, 9.17) is 17.3 Å². The number of nitrogens with zero attached hydrogens (tertiary/aromatic N) is 1. The highest BCUT2D eigenvalue weighted by atomic mass is 35.5. The third-order valence-electron chi connectivity index (χ3n) is 2.76. The second-order valence-corrected chi connectivity index (χ2v) is 4.56. The van der Waals surface area contributed by atoms with Gasteiger partial charge in [-0.25, -0.2) is 4.39 Å². The molecule has 0 aromatic heterocycles. The average molecular weight is 265 g/mol. The van der Waals surface area contributed by atoms with Crippen molar-refractivity contribution in [3.8, 4) is 0 Å². The van der Waals surface area contributed by atoms with E-state index in [1.54, 1.807) is 6.07 Å². The van der Waals surface area contributed by atoms with Crippen molar-refractivity contribution in [1.82, 2.24) is 0 Å². The molecule has 0 aliphatic rings. The summed E-state index contributed by atoms with van der Waals surface area (Å²) >= 11 is 6.04. The third kappa shape index (κ3) is 2.74. The van der Waals surface area contributed by atoms with Gasteiger partial charge in [-0.05, 0) is 35.9 Å². The van der Waals surface area contributed by atoms with E-state index in [-0.39, 0.29) is 5.82 Å². The van der Waals surface area contributed by atoms with E-state index < -0.39 is 0 Å². The SMILES string of the molecule is CN(Cc1cc(F)ccc1Cl)c1ccccc1N. The zero-order valence-corrected chi connectivity index (χ0v) is 10.8. The smallest absolute Gasteiger partial charge is 0.123 e. The van der Waals surface area contributed by atoms with Crippen molar-refractivity contribution >= 4 is 23.0 Å². The minimum Gasteiger partial charge on any atom is -0.397 e. The Labute approximate surface area is 111 Å². The Hall–Kier alpha value is -1.74. The molecule has 2 nitrogen and oxygen atoms in total. The van der Waals surface area contributed by atoms with E-state index in [1.165, 1.54) is 12.1 Å². The molecule has 0 aliphatic heterocycles. The zero-order chi connectivity index (χ0) is 13.1. The van der Waals surface area contributed by atoms with Crippen molar-refractivity contribution in [3.63, 3.8) is 0 Å². The quantitative estimate of drug-likeness (QED) is 0.857. The number of halogens is 2. The number of anilines is 2. The van der Waals surface area contributed by atoms with Gasteiger partial charge in [-0.3, -0.25) is 0 Å². The van der Waals surface area contributed by atoms with Crippen LogP contribution in [-0.4, -0.2) is 7.05 Å². The first-order valence-corrected chi connectivity index (χ1v) is 5.95. The summed E-state index contributed by atoms with van der Waals surface area (Å²) in [6.07, 6.45) is 0. The van der Waals surface area contributed by atoms with Gasteiger partial charge in [-0.1, -0.05) is 23.7 Å². The van der Waals surface area contributed by atoms with Crippen LogP contribution in [0.25, 0.3) is 0 Å². The summed E-state index contributed by atoms with van der Waals surface area (Å²) in [4.78, 5) is 1.94. The lowest BCUT2D eigenvalue weighted by atomic mass is 10.2. The molecule has 2 N–H and O–H groups in total. The van der Waals surface area contributed by atoms with Gasteiger partial charge < -0.3 is 10.6 Å². The zero-order valence-electron chi connectivity index (χ0n) is 10.0. The van der Waals surface area contributed by atoms with Crippen LogP contribution in [0.3, 0.4) is 0 Å². The van der Waals surface area contributed by atoms with Crippen LogP contribution in [0.4, 0.5) is 15.8 Å². The molecule has 0 amide bonds. The fourth-order valence-corrected chi connectivity index (χ4v) is 2.02. The van der Waals surface area contributed by atoms with Gasteiger partial charge in [0.15, 0.2) is 0 Å². The summed E-state index contributed by atoms with van der Waals surface area (Å²) in [6.45, 7) is 0.505. The number of nitrogen functional groups attached to an aromatic ring is 1. The van der Waals surface area contributed by atoms with Crippen LogP contribution < -0.4 is 10.6 Å². The number of hydrogen-bond donors (Lipinski definition) is 1. The van der Waals surface area contributed by atoms with E-state index in [2.05, 4.69) is 0 Å². The van der Waals surface area contributed by atoms with Gasteiger partial charge in [-0.15, -0.1) is 0 Å². The fraction of sp³-hybridized carbons (Fsp3) is 0.143. The molecule has 4 heteroatoms. The Morgan fingerprint density at radius 2 is 1.94 bits per heavy atom. The lowest BCUT2D eigenvalue weighted by molar-refractivity contribution is 0.625. The molecule has 2 aromatic rings. The van der Waals surface area contributed by atoms with Crippen LogP contribution in [0.15, 0.2) is 42.5 Å². The fourth-order valence-electron chi connectivity index (χ4n) is 1.84. The largest absolute Gasteiger partial charge is 0.397 e. The second kappa shape index (κ2) is 5.27. The molecule has 94 valence electrons. The molecule has 18 heavy (non-hydrogen) atoms. The van der Waals surface area contributed by atoms with Gasteiger partial charge in [0.25, 0.3) is 0 Å². The molecule has 0 fully saturated rings. The topological polar surface area (TPSA) is 29.3 Å². The van der Waals surface area contributed by atoms with E-state index in [0.29, 0.717) is 17.3 Å². The summed E-state index contributed by atoms with van der Waals surface area (Å²) in [7, 11) is 1.90. The molecule has 2 rings (SSSR count). The first kappa shape index (κ1) is 12.7. The predicted molar refractivity (Wildman–Crippen MR) is 74.4 cm³/mol. The van der Waals surface area contributed by atoms with Crippen LogP contribution in [-0.2, 0) is 6.54 Å². The van der Waals surface area contributed by atoms with Gasteiger partial charge in [-0.2, -0.15) is 0 Å². The van der Waals surface area contributed by atoms with Crippen molar-refractivity contribution in [3.05, 3.63) is 58.9 Å². The highest BCUT2D eigenvalue weighted by Crippen LogP contribution is 2.25. The lowest BCUT2D eigenvalue weighted by Gasteiger charge is -2.21. The second-order valence-electron chi connectivity index (χ2n) is 4.15. The Balaban J connectivity index is 2.24. The first-order valence-electron chi connectivity index (χ1n) is 5.57. The summed E-state index contributed by atoms with van der Waals surface area (Å²) in [5.41, 5.74) is 8.22. The minimum absolute atomic E-state index is 0.288. The monoisotopic (exact) mass is 264 g/mol. The van der Waals surface area contributed by atoms with E-state index in [1.807, 2.05) is 36.2 Å². The first-order chi connectivity index (χ1) is 8.58. The maximum atomic E-state index is 13.2. The van der Waals surface area contributed by atoms with Crippen LogP contribution in [0.2, 0.25) is 5.02 Å². The molecule has 0 unspecified atom stereocenters. The minimum atomic E-state index is -0.288. The van der Waals surface area contributed by atoms with Crippen LogP contribution in [0.1, 0.15) is 5.56 Å². The van der Waals surface area contributed by atoms with Gasteiger partial charge in [0.2, 0.25) is 0 Å². The number of benzene rings is 2. The predicted octanol–water partition coefficient (Wildman–Crippen LogP) is 3.70. The maximum Gasteiger partial charge on any atom is 0.123 e. The molecule has 0 bridgehead atoms. The molecule has 0 radical (unpaired) electrons. The third-order valence-corrected chi connectivity index (χ3v) is 3.13. The highest BCUT2D eigenvalue weighted by Gasteiger charge is 2.08. The number of para-hydroxylation sites is 2. The number of hydrogen-bond acceptors (Lipinski definition) is 2. The summed E-state index contributed by atoms with van der Waals surface area (Å²) in [5.74, 6) is -0.288. The van der Waals surface area contributed by atoms with E-state index in [0.717, 1.165) is 11.3 Å². The molecule has 0 saturated carbocycles. The highest BCUT2D eigenvalue weighted by molar-refractivity contribution is 6.31. The average Bonchev–Trinajstić information content (AvgIpc) is 2.34. The van der Waals surface area contributed by atoms with Gasteiger partial charge >= 0.3 is 0 Å². The van der Waals surface area contributed by atoms with E-state index in [9.17, 15) is 4.39 Å². The molecule has 0 saturated heterocycles. The van der Waals surface area contributed by atoms with Crippen LogP contribution >= 0.6 is 11.6 Å². The van der Waals surface area contributed by atoms with Crippen molar-refractivity contribution in [2.24, 2.45) is 0 Å². The summed E-state index contributed by atoms with van der Waals surface area (Å²) in [6, 6.07) is 11.9. The molecule has 0 aliphatic carbocycles. The van der Waals surface area contributed by atoms with Crippen molar-refractivity contribution in [2.75, 3.05) is 17.7 Å². The normalized spacial score (nSPS) is 10.4. The van der Waals surface area contributed by atoms with Crippen molar-refractivity contribution < 1.29 is 4.39 Å².